The van der Waals surface area contributed by atoms with Crippen molar-refractivity contribution in [1.29, 1.82) is 0 Å². The van der Waals surface area contributed by atoms with Gasteiger partial charge >= 0.3 is 5.69 Å². The first-order valence-electron chi connectivity index (χ1n) is 4.08. The predicted molar refractivity (Wildman–Crippen MR) is 54.7 cm³/mol. The highest BCUT2D eigenvalue weighted by atomic mass is 35.5. The molecule has 0 spiro atoms. The van der Waals surface area contributed by atoms with E-state index in [1.165, 1.54) is 9.08 Å². The van der Waals surface area contributed by atoms with E-state index in [4.69, 9.17) is 11.6 Å². The van der Waals surface area contributed by atoms with Crippen molar-refractivity contribution in [3.63, 3.8) is 0 Å². The maximum Gasteiger partial charge on any atom is 0.350 e. The molecule has 0 fully saturated rings. The summed E-state index contributed by atoms with van der Waals surface area (Å²) in [6.07, 6.45) is 3.25. The zero-order valence-electron chi connectivity index (χ0n) is 7.35. The van der Waals surface area contributed by atoms with Gasteiger partial charge in [0.05, 0.1) is 11.6 Å². The minimum atomic E-state index is -0.206. The Hall–Kier alpha value is -1.55. The van der Waals surface area contributed by atoms with Crippen molar-refractivity contribution in [2.24, 2.45) is 0 Å². The largest absolute Gasteiger partial charge is 0.350 e. The number of hydrogen-bond donors (Lipinski definition) is 0. The molecule has 0 radical (unpaired) electrons. The van der Waals surface area contributed by atoms with Gasteiger partial charge in [0, 0.05) is 6.20 Å². The van der Waals surface area contributed by atoms with E-state index in [1.54, 1.807) is 24.4 Å². The molecule has 2 rings (SSSR count). The Labute approximate surface area is 85.0 Å². The third kappa shape index (κ3) is 1.24. The minimum Gasteiger partial charge on any atom is -0.249 e. The summed E-state index contributed by atoms with van der Waals surface area (Å²) in [4.78, 5) is 11.6. The summed E-state index contributed by atoms with van der Waals surface area (Å²) in [5, 5.41) is 4.53. The van der Waals surface area contributed by atoms with Gasteiger partial charge in [-0.15, -0.1) is 11.7 Å². The second-order valence-electron chi connectivity index (χ2n) is 2.80. The summed E-state index contributed by atoms with van der Waals surface area (Å²) < 4.78 is 2.72. The van der Waals surface area contributed by atoms with Crippen molar-refractivity contribution >= 4 is 17.2 Å². The number of nitrogens with zero attached hydrogens (tertiary/aromatic N) is 3. The lowest BCUT2D eigenvalue weighted by Crippen LogP contribution is -2.20. The van der Waals surface area contributed by atoms with E-state index in [0.29, 0.717) is 17.2 Å². The molecule has 0 saturated carbocycles. The molecule has 2 aromatic rings. The monoisotopic (exact) mass is 209 g/mol. The van der Waals surface area contributed by atoms with E-state index in [0.717, 1.165) is 0 Å². The van der Waals surface area contributed by atoms with Gasteiger partial charge in [-0.05, 0) is 12.1 Å². The summed E-state index contributed by atoms with van der Waals surface area (Å²) >= 11 is 5.88. The van der Waals surface area contributed by atoms with Crippen molar-refractivity contribution < 1.29 is 0 Å². The Bertz CT molecular complexity index is 540. The molecular weight excluding hydrogens is 202 g/mol. The molecule has 14 heavy (non-hydrogen) atoms. The smallest absolute Gasteiger partial charge is 0.249 e. The standard InChI is InChI=1S/C9H8ClN3O/c1-2-5-13-9(14)12-6-3-4-7(10)8(12)11-13/h2-4,6H,1,5H2. The van der Waals surface area contributed by atoms with E-state index in [-0.39, 0.29) is 5.69 Å². The second kappa shape index (κ2) is 3.31. The SMILES string of the molecule is C=CCn1nc2c(Cl)cccn2c1=O. The van der Waals surface area contributed by atoms with Crippen LogP contribution in [-0.2, 0) is 6.54 Å². The fraction of sp³-hybridized carbons (Fsp3) is 0.111. The minimum absolute atomic E-state index is 0.206. The average molecular weight is 210 g/mol. The van der Waals surface area contributed by atoms with Crippen LogP contribution in [0.15, 0.2) is 35.8 Å². The number of fused-ring (bicyclic) bond motifs is 1. The zero-order valence-corrected chi connectivity index (χ0v) is 8.11. The van der Waals surface area contributed by atoms with Crippen molar-refractivity contribution in [1.82, 2.24) is 14.2 Å². The van der Waals surface area contributed by atoms with Crippen LogP contribution in [0.25, 0.3) is 5.65 Å². The van der Waals surface area contributed by atoms with Gasteiger partial charge in [-0.1, -0.05) is 17.7 Å². The second-order valence-corrected chi connectivity index (χ2v) is 3.21. The molecule has 4 nitrogen and oxygen atoms in total. The van der Waals surface area contributed by atoms with Crippen LogP contribution in [0.4, 0.5) is 0 Å². The molecule has 0 unspecified atom stereocenters. The molecule has 0 atom stereocenters. The van der Waals surface area contributed by atoms with Gasteiger partial charge < -0.3 is 0 Å². The third-order valence-electron chi connectivity index (χ3n) is 1.86. The summed E-state index contributed by atoms with van der Waals surface area (Å²) in [5.41, 5.74) is 0.267. The van der Waals surface area contributed by atoms with E-state index < -0.39 is 0 Å². The molecule has 0 aliphatic rings. The predicted octanol–water partition coefficient (Wildman–Crippen LogP) is 1.34. The maximum atomic E-state index is 11.6. The number of rotatable bonds is 2. The summed E-state index contributed by atoms with van der Waals surface area (Å²) in [5.74, 6) is 0. The van der Waals surface area contributed by atoms with Crippen LogP contribution in [0.5, 0.6) is 0 Å². The van der Waals surface area contributed by atoms with E-state index in [1.807, 2.05) is 0 Å². The molecule has 0 bridgehead atoms. The molecule has 72 valence electrons. The summed E-state index contributed by atoms with van der Waals surface area (Å²) in [6.45, 7) is 3.93. The Balaban J connectivity index is 2.79. The van der Waals surface area contributed by atoms with E-state index in [9.17, 15) is 4.79 Å². The lowest BCUT2D eigenvalue weighted by Gasteiger charge is -1.89. The van der Waals surface area contributed by atoms with E-state index >= 15 is 0 Å². The molecule has 0 aliphatic carbocycles. The number of hydrogen-bond acceptors (Lipinski definition) is 2. The van der Waals surface area contributed by atoms with Gasteiger partial charge in [-0.2, -0.15) is 0 Å². The highest BCUT2D eigenvalue weighted by molar-refractivity contribution is 6.33. The van der Waals surface area contributed by atoms with E-state index in [2.05, 4.69) is 11.7 Å². The number of pyridine rings is 1. The first-order chi connectivity index (χ1) is 6.74. The molecule has 0 aromatic carbocycles. The van der Waals surface area contributed by atoms with Crippen molar-refractivity contribution in [3.8, 4) is 0 Å². The van der Waals surface area contributed by atoms with Gasteiger partial charge in [0.15, 0.2) is 5.65 Å². The molecule has 2 heterocycles. The van der Waals surface area contributed by atoms with Crippen LogP contribution in [0, 0.1) is 0 Å². The van der Waals surface area contributed by atoms with Gasteiger partial charge in [-0.25, -0.2) is 13.9 Å². The van der Waals surface area contributed by atoms with Crippen molar-refractivity contribution in [3.05, 3.63) is 46.5 Å². The first-order valence-corrected chi connectivity index (χ1v) is 4.46. The lowest BCUT2D eigenvalue weighted by atomic mass is 10.5. The molecular formula is C9H8ClN3O. The Morgan fingerprint density at radius 3 is 3.07 bits per heavy atom. The van der Waals surface area contributed by atoms with Gasteiger partial charge in [0.2, 0.25) is 0 Å². The maximum absolute atomic E-state index is 11.6. The Kier molecular flexibility index (Phi) is 2.13. The summed E-state index contributed by atoms with van der Waals surface area (Å²) in [7, 11) is 0. The van der Waals surface area contributed by atoms with Crippen LogP contribution in [-0.4, -0.2) is 14.2 Å². The van der Waals surface area contributed by atoms with Crippen LogP contribution >= 0.6 is 11.6 Å². The molecule has 0 saturated heterocycles. The highest BCUT2D eigenvalue weighted by Gasteiger charge is 2.07. The fourth-order valence-electron chi connectivity index (χ4n) is 1.25. The number of allylic oxidation sites excluding steroid dienone is 1. The number of aromatic nitrogens is 3. The lowest BCUT2D eigenvalue weighted by molar-refractivity contribution is 0.673. The molecule has 0 amide bonds. The molecule has 0 aliphatic heterocycles. The van der Waals surface area contributed by atoms with Crippen LogP contribution < -0.4 is 5.69 Å². The Morgan fingerprint density at radius 1 is 1.64 bits per heavy atom. The topological polar surface area (TPSA) is 39.3 Å². The van der Waals surface area contributed by atoms with Crippen molar-refractivity contribution in [2.75, 3.05) is 0 Å². The van der Waals surface area contributed by atoms with Gasteiger partial charge in [0.1, 0.15) is 0 Å². The molecule has 0 N–H and O–H groups in total. The highest BCUT2D eigenvalue weighted by Crippen LogP contribution is 2.12. The molecule has 2 aromatic heterocycles. The normalized spacial score (nSPS) is 10.6. The molecule has 5 heteroatoms. The quantitative estimate of drug-likeness (QED) is 0.701. The van der Waals surface area contributed by atoms with Crippen LogP contribution in [0.1, 0.15) is 0 Å². The van der Waals surface area contributed by atoms with Crippen LogP contribution in [0.3, 0.4) is 0 Å². The fourth-order valence-corrected chi connectivity index (χ4v) is 1.45. The van der Waals surface area contributed by atoms with Crippen molar-refractivity contribution in [2.45, 2.75) is 6.54 Å². The summed E-state index contributed by atoms with van der Waals surface area (Å²) in [6, 6.07) is 3.40. The first kappa shape index (κ1) is 9.02. The average Bonchev–Trinajstić information content (AvgIpc) is 2.48. The number of halogens is 1. The third-order valence-corrected chi connectivity index (χ3v) is 2.16. The zero-order chi connectivity index (χ0) is 10.1. The van der Waals surface area contributed by atoms with Gasteiger partial charge in [0.25, 0.3) is 0 Å². The van der Waals surface area contributed by atoms with Gasteiger partial charge in [-0.3, -0.25) is 0 Å². The Morgan fingerprint density at radius 2 is 2.43 bits per heavy atom. The van der Waals surface area contributed by atoms with Crippen LogP contribution in [0.2, 0.25) is 5.02 Å².